The Bertz CT molecular complexity index is 865. The van der Waals surface area contributed by atoms with Crippen molar-refractivity contribution in [3.05, 3.63) is 29.8 Å². The van der Waals surface area contributed by atoms with E-state index in [9.17, 15) is 23.1 Å². The zero-order chi connectivity index (χ0) is 29.6. The monoisotopic (exact) mass is 546 g/mol. The van der Waals surface area contributed by atoms with Crippen LogP contribution < -0.4 is 0 Å². The highest BCUT2D eigenvalue weighted by Crippen LogP contribution is 2.39. The van der Waals surface area contributed by atoms with Crippen LogP contribution in [0, 0.1) is 11.3 Å². The first-order valence-corrected chi connectivity index (χ1v) is 13.6. The van der Waals surface area contributed by atoms with Crippen LogP contribution in [0.3, 0.4) is 0 Å². The van der Waals surface area contributed by atoms with Crippen molar-refractivity contribution in [2.75, 3.05) is 6.61 Å². The van der Waals surface area contributed by atoms with Crippen LogP contribution in [0.15, 0.2) is 24.3 Å². The summed E-state index contributed by atoms with van der Waals surface area (Å²) in [6.45, 7) is 15.6. The summed E-state index contributed by atoms with van der Waals surface area (Å²) in [6.07, 6.45) is -0.354. The molecule has 220 valence electrons. The van der Waals surface area contributed by atoms with E-state index in [4.69, 9.17) is 14.6 Å². The van der Waals surface area contributed by atoms with Gasteiger partial charge >= 0.3 is 12.1 Å². The van der Waals surface area contributed by atoms with Crippen molar-refractivity contribution in [1.82, 2.24) is 0 Å². The summed E-state index contributed by atoms with van der Waals surface area (Å²) in [5.41, 5.74) is -2.69. The lowest BCUT2D eigenvalue weighted by Crippen LogP contribution is -2.50. The Hall–Kier alpha value is -1.80. The Morgan fingerprint density at radius 2 is 1.39 bits per heavy atom. The minimum Gasteiger partial charge on any atom is -0.508 e. The van der Waals surface area contributed by atoms with E-state index < -0.39 is 29.4 Å². The number of phenolic OH excluding ortho intramolecular Hbond substituents is 1. The zero-order valence-corrected chi connectivity index (χ0v) is 24.7. The highest BCUT2D eigenvalue weighted by atomic mass is 19.4. The molecule has 1 aromatic rings. The van der Waals surface area contributed by atoms with Gasteiger partial charge in [-0.1, -0.05) is 39.8 Å². The molecule has 1 atom stereocenters. The molecule has 0 heterocycles. The van der Waals surface area contributed by atoms with Gasteiger partial charge in [-0.3, -0.25) is 4.79 Å². The van der Waals surface area contributed by atoms with Gasteiger partial charge in [0.1, 0.15) is 11.9 Å². The third-order valence-corrected chi connectivity index (χ3v) is 8.24. The zero-order valence-electron chi connectivity index (χ0n) is 24.7. The smallest absolute Gasteiger partial charge is 0.419 e. The average Bonchev–Trinajstić information content (AvgIpc) is 2.83. The lowest BCUT2D eigenvalue weighted by atomic mass is 9.77. The molecule has 5 nitrogen and oxygen atoms in total. The van der Waals surface area contributed by atoms with Gasteiger partial charge < -0.3 is 19.7 Å². The maximum atomic E-state index is 12.8. The number of ether oxygens (including phenoxy) is 2. The first kappa shape index (κ1) is 34.2. The van der Waals surface area contributed by atoms with Crippen molar-refractivity contribution in [3.8, 4) is 5.75 Å². The van der Waals surface area contributed by atoms with Gasteiger partial charge in [0.25, 0.3) is 0 Å². The Kier molecular flexibility index (Phi) is 11.7. The quantitative estimate of drug-likeness (QED) is 0.310. The third kappa shape index (κ3) is 9.74. The molecule has 2 N–H and O–H groups in total. The standard InChI is InChI=1S/C19H33F3O4.C11H16O/c1-7-16(2,3)15(23)26-14-10-8-13(9-11-14)17(4,5)25-12-18(6,24)19(20,21)22;1-4-11(2,3)9-5-7-10(12)8-6-9/h13-14,24H,7-12H2,1-6H3;5-8,12H,4H2,1-3H3. The summed E-state index contributed by atoms with van der Waals surface area (Å²) in [4.78, 5) is 12.2. The van der Waals surface area contributed by atoms with E-state index in [1.807, 2.05) is 32.9 Å². The van der Waals surface area contributed by atoms with Crippen molar-refractivity contribution in [3.63, 3.8) is 0 Å². The number of aromatic hydroxyl groups is 1. The molecule has 0 bridgehead atoms. The van der Waals surface area contributed by atoms with E-state index in [0.29, 0.717) is 37.9 Å². The predicted molar refractivity (Wildman–Crippen MR) is 144 cm³/mol. The maximum absolute atomic E-state index is 12.8. The van der Waals surface area contributed by atoms with Crippen LogP contribution in [-0.4, -0.2) is 46.3 Å². The molecular formula is C30H49F3O5. The number of phenols is 1. The van der Waals surface area contributed by atoms with Crippen LogP contribution in [-0.2, 0) is 19.7 Å². The lowest BCUT2D eigenvalue weighted by Gasteiger charge is -2.41. The van der Waals surface area contributed by atoms with Crippen LogP contribution >= 0.6 is 0 Å². The number of hydrogen-bond donors (Lipinski definition) is 2. The summed E-state index contributed by atoms with van der Waals surface area (Å²) in [5, 5.41) is 18.6. The third-order valence-electron chi connectivity index (χ3n) is 8.24. The number of hydrogen-bond acceptors (Lipinski definition) is 5. The van der Waals surface area contributed by atoms with Gasteiger partial charge in [0.15, 0.2) is 5.60 Å². The molecule has 0 aromatic heterocycles. The highest BCUT2D eigenvalue weighted by Gasteiger charge is 2.51. The lowest BCUT2D eigenvalue weighted by molar-refractivity contribution is -0.278. The molecular weight excluding hydrogens is 497 g/mol. The number of alkyl halides is 3. The molecule has 0 saturated heterocycles. The van der Waals surface area contributed by atoms with Gasteiger partial charge in [0.2, 0.25) is 0 Å². The summed E-state index contributed by atoms with van der Waals surface area (Å²) in [5.74, 6) is 0.173. The van der Waals surface area contributed by atoms with E-state index in [0.717, 1.165) is 13.3 Å². The number of halogens is 3. The molecule has 1 unspecified atom stereocenters. The van der Waals surface area contributed by atoms with Crippen molar-refractivity contribution < 1.29 is 37.7 Å². The van der Waals surface area contributed by atoms with Crippen molar-refractivity contribution in [2.45, 2.75) is 130 Å². The fourth-order valence-corrected chi connectivity index (χ4v) is 3.97. The molecule has 0 radical (unpaired) electrons. The van der Waals surface area contributed by atoms with Gasteiger partial charge in [-0.05, 0) is 102 Å². The Morgan fingerprint density at radius 3 is 1.82 bits per heavy atom. The van der Waals surface area contributed by atoms with Gasteiger partial charge in [-0.15, -0.1) is 0 Å². The van der Waals surface area contributed by atoms with E-state index in [1.54, 1.807) is 26.0 Å². The molecule has 1 aromatic carbocycles. The Balaban J connectivity index is 0.000000499. The number of carbonyl (C=O) groups excluding carboxylic acids is 1. The summed E-state index contributed by atoms with van der Waals surface area (Å²) < 4.78 is 49.4. The Labute approximate surface area is 227 Å². The molecule has 1 fully saturated rings. The number of aliphatic hydroxyl groups is 1. The summed E-state index contributed by atoms with van der Waals surface area (Å²) in [6, 6.07) is 7.46. The van der Waals surface area contributed by atoms with E-state index in [1.165, 1.54) is 5.56 Å². The summed E-state index contributed by atoms with van der Waals surface area (Å²) in [7, 11) is 0. The van der Waals surface area contributed by atoms with Gasteiger partial charge in [0.05, 0.1) is 17.6 Å². The van der Waals surface area contributed by atoms with E-state index in [2.05, 4.69) is 20.8 Å². The first-order chi connectivity index (χ1) is 17.2. The maximum Gasteiger partial charge on any atom is 0.419 e. The first-order valence-electron chi connectivity index (χ1n) is 13.6. The van der Waals surface area contributed by atoms with Crippen molar-refractivity contribution in [2.24, 2.45) is 11.3 Å². The fourth-order valence-electron chi connectivity index (χ4n) is 3.97. The molecule has 0 aliphatic heterocycles. The molecule has 38 heavy (non-hydrogen) atoms. The molecule has 8 heteroatoms. The van der Waals surface area contributed by atoms with Crippen LogP contribution in [0.1, 0.15) is 106 Å². The van der Waals surface area contributed by atoms with E-state index in [-0.39, 0.29) is 23.4 Å². The highest BCUT2D eigenvalue weighted by molar-refractivity contribution is 5.76. The molecule has 1 aliphatic rings. The SMILES string of the molecule is CCC(C)(C)C(=O)OC1CCC(C(C)(C)OCC(C)(O)C(F)(F)F)CC1.CCC(C)(C)c1ccc(O)cc1. The number of benzene rings is 1. The minimum absolute atomic E-state index is 0.0423. The Morgan fingerprint density at radius 1 is 0.895 bits per heavy atom. The van der Waals surface area contributed by atoms with Crippen LogP contribution in [0.2, 0.25) is 0 Å². The van der Waals surface area contributed by atoms with E-state index >= 15 is 0 Å². The summed E-state index contributed by atoms with van der Waals surface area (Å²) >= 11 is 0. The van der Waals surface area contributed by atoms with Gasteiger partial charge in [-0.2, -0.15) is 13.2 Å². The molecule has 2 rings (SSSR count). The normalized spacial score (nSPS) is 20.7. The second-order valence-electron chi connectivity index (χ2n) is 12.6. The van der Waals surface area contributed by atoms with Crippen LogP contribution in [0.25, 0.3) is 0 Å². The minimum atomic E-state index is -4.74. The molecule has 0 spiro atoms. The number of esters is 1. The largest absolute Gasteiger partial charge is 0.508 e. The molecule has 1 aliphatic carbocycles. The van der Waals surface area contributed by atoms with Crippen LogP contribution in [0.4, 0.5) is 13.2 Å². The van der Waals surface area contributed by atoms with Gasteiger partial charge in [0, 0.05) is 0 Å². The van der Waals surface area contributed by atoms with Crippen LogP contribution in [0.5, 0.6) is 5.75 Å². The second kappa shape index (κ2) is 13.0. The average molecular weight is 547 g/mol. The molecule has 1 saturated carbocycles. The fraction of sp³-hybridized carbons (Fsp3) is 0.767. The number of carbonyl (C=O) groups is 1. The topological polar surface area (TPSA) is 76.0 Å². The van der Waals surface area contributed by atoms with Crippen molar-refractivity contribution in [1.29, 1.82) is 0 Å². The molecule has 0 amide bonds. The second-order valence-corrected chi connectivity index (χ2v) is 12.6. The number of rotatable bonds is 9. The van der Waals surface area contributed by atoms with Gasteiger partial charge in [-0.25, -0.2) is 0 Å². The van der Waals surface area contributed by atoms with Crippen molar-refractivity contribution >= 4 is 5.97 Å². The predicted octanol–water partition coefficient (Wildman–Crippen LogP) is 7.71.